The normalized spacial score (nSPS) is 18.0. The zero-order valence-corrected chi connectivity index (χ0v) is 15.7. The lowest BCUT2D eigenvalue weighted by atomic mass is 9.96. The molecule has 1 fully saturated rings. The minimum absolute atomic E-state index is 0.0241. The third-order valence-corrected chi connectivity index (χ3v) is 5.16. The van der Waals surface area contributed by atoms with Gasteiger partial charge in [-0.05, 0) is 49.4 Å². The molecule has 0 bridgehead atoms. The highest BCUT2D eigenvalue weighted by Crippen LogP contribution is 2.27. The van der Waals surface area contributed by atoms with Crippen LogP contribution < -0.4 is 4.90 Å². The zero-order valence-electron chi connectivity index (χ0n) is 15.7. The molecule has 0 aliphatic carbocycles. The number of halogens is 3. The lowest BCUT2D eigenvalue weighted by molar-refractivity contribution is -0.170. The van der Waals surface area contributed by atoms with Crippen LogP contribution in [-0.4, -0.2) is 43.2 Å². The minimum atomic E-state index is -4.88. The first-order valence-corrected chi connectivity index (χ1v) is 9.63. The molecule has 0 saturated carbocycles. The lowest BCUT2D eigenvalue weighted by Gasteiger charge is -2.36. The first kappa shape index (κ1) is 20.4. The molecule has 1 aliphatic rings. The van der Waals surface area contributed by atoms with E-state index in [0.717, 1.165) is 37.3 Å². The van der Waals surface area contributed by atoms with Gasteiger partial charge in [-0.1, -0.05) is 48.5 Å². The molecule has 150 valence electrons. The van der Waals surface area contributed by atoms with E-state index in [1.54, 1.807) is 30.3 Å². The van der Waals surface area contributed by atoms with Gasteiger partial charge in [0.15, 0.2) is 0 Å². The number of para-hydroxylation sites is 1. The average Bonchev–Trinajstić information content (AvgIpc) is 2.71. The van der Waals surface area contributed by atoms with Crippen molar-refractivity contribution in [2.45, 2.75) is 25.4 Å². The van der Waals surface area contributed by atoms with Crippen molar-refractivity contribution in [3.8, 4) is 0 Å². The lowest BCUT2D eigenvalue weighted by Crippen LogP contribution is -2.47. The van der Waals surface area contributed by atoms with Gasteiger partial charge in [-0.25, -0.2) is 0 Å². The summed E-state index contributed by atoms with van der Waals surface area (Å²) in [6, 6.07) is 18.3. The van der Waals surface area contributed by atoms with Crippen molar-refractivity contribution in [3.63, 3.8) is 0 Å². The maximum Gasteiger partial charge on any atom is 0.471 e. The van der Waals surface area contributed by atoms with Gasteiger partial charge in [0.25, 0.3) is 0 Å². The molecule has 28 heavy (non-hydrogen) atoms. The SMILES string of the molecule is O=C(N(CC1CCCN(CCc2ccccc2)C1)c1ccccc1)C(F)(F)F. The smallest absolute Gasteiger partial charge is 0.304 e. The predicted molar refractivity (Wildman–Crippen MR) is 104 cm³/mol. The molecule has 1 saturated heterocycles. The number of rotatable bonds is 6. The van der Waals surface area contributed by atoms with Crippen LogP contribution in [-0.2, 0) is 11.2 Å². The fourth-order valence-electron chi connectivity index (χ4n) is 3.76. The summed E-state index contributed by atoms with van der Waals surface area (Å²) in [7, 11) is 0. The summed E-state index contributed by atoms with van der Waals surface area (Å²) in [5.74, 6) is -1.77. The first-order chi connectivity index (χ1) is 13.4. The first-order valence-electron chi connectivity index (χ1n) is 9.63. The van der Waals surface area contributed by atoms with Crippen LogP contribution in [0.4, 0.5) is 18.9 Å². The summed E-state index contributed by atoms with van der Waals surface area (Å²) in [5.41, 5.74) is 1.55. The molecule has 1 aliphatic heterocycles. The Kier molecular flexibility index (Phi) is 6.73. The van der Waals surface area contributed by atoms with Crippen LogP contribution in [0.1, 0.15) is 18.4 Å². The number of carbonyl (C=O) groups is 1. The van der Waals surface area contributed by atoms with Gasteiger partial charge in [-0.15, -0.1) is 0 Å². The quantitative estimate of drug-likeness (QED) is 0.723. The topological polar surface area (TPSA) is 23.6 Å². The molecule has 2 aromatic carbocycles. The van der Waals surface area contributed by atoms with Gasteiger partial charge in [0.1, 0.15) is 0 Å². The number of benzene rings is 2. The Hall–Kier alpha value is -2.34. The second-order valence-electron chi connectivity index (χ2n) is 7.29. The summed E-state index contributed by atoms with van der Waals surface area (Å²) >= 11 is 0. The fourth-order valence-corrected chi connectivity index (χ4v) is 3.76. The Bertz CT molecular complexity index is 749. The van der Waals surface area contributed by atoms with Crippen LogP contribution in [0, 0.1) is 5.92 Å². The minimum Gasteiger partial charge on any atom is -0.304 e. The molecule has 1 unspecified atom stereocenters. The largest absolute Gasteiger partial charge is 0.471 e. The Morgan fingerprint density at radius 3 is 2.32 bits per heavy atom. The molecule has 3 rings (SSSR count). The van der Waals surface area contributed by atoms with Crippen LogP contribution in [0.25, 0.3) is 0 Å². The van der Waals surface area contributed by atoms with E-state index in [1.807, 2.05) is 18.2 Å². The van der Waals surface area contributed by atoms with E-state index in [1.165, 1.54) is 5.56 Å². The molecule has 0 spiro atoms. The maximum absolute atomic E-state index is 13.1. The molecule has 3 nitrogen and oxygen atoms in total. The van der Waals surface area contributed by atoms with Crippen LogP contribution in [0.3, 0.4) is 0 Å². The van der Waals surface area contributed by atoms with E-state index in [2.05, 4.69) is 17.0 Å². The molecular weight excluding hydrogens is 365 g/mol. The van der Waals surface area contributed by atoms with Gasteiger partial charge in [-0.2, -0.15) is 13.2 Å². The van der Waals surface area contributed by atoms with Crippen molar-refractivity contribution in [1.29, 1.82) is 0 Å². The Morgan fingerprint density at radius 1 is 1.04 bits per heavy atom. The number of piperidine rings is 1. The molecule has 0 N–H and O–H groups in total. The Labute approximate surface area is 163 Å². The number of likely N-dealkylation sites (tertiary alicyclic amines) is 1. The van der Waals surface area contributed by atoms with Crippen molar-refractivity contribution in [1.82, 2.24) is 4.90 Å². The maximum atomic E-state index is 13.1. The molecule has 1 atom stereocenters. The van der Waals surface area contributed by atoms with Gasteiger partial charge in [-0.3, -0.25) is 4.79 Å². The number of hydrogen-bond donors (Lipinski definition) is 0. The number of anilines is 1. The standard InChI is InChI=1S/C22H25F3N2O/c23-22(24,25)21(28)27(20-11-5-2-6-12-20)17-19-10-7-14-26(16-19)15-13-18-8-3-1-4-9-18/h1-6,8-9,11-12,19H,7,10,13-17H2. The van der Waals surface area contributed by atoms with E-state index >= 15 is 0 Å². The van der Waals surface area contributed by atoms with Crippen molar-refractivity contribution < 1.29 is 18.0 Å². The van der Waals surface area contributed by atoms with Crippen molar-refractivity contribution in [2.75, 3.05) is 31.1 Å². The second kappa shape index (κ2) is 9.24. The van der Waals surface area contributed by atoms with Crippen LogP contribution in [0.5, 0.6) is 0 Å². The van der Waals surface area contributed by atoms with Gasteiger partial charge < -0.3 is 9.80 Å². The highest BCUT2D eigenvalue weighted by atomic mass is 19.4. The second-order valence-corrected chi connectivity index (χ2v) is 7.29. The molecule has 6 heteroatoms. The number of nitrogens with zero attached hydrogens (tertiary/aromatic N) is 2. The summed E-state index contributed by atoms with van der Waals surface area (Å²) < 4.78 is 39.4. The van der Waals surface area contributed by atoms with E-state index in [-0.39, 0.29) is 12.5 Å². The summed E-state index contributed by atoms with van der Waals surface area (Å²) in [6.45, 7) is 2.62. The summed E-state index contributed by atoms with van der Waals surface area (Å²) in [6.07, 6.45) is -2.20. The van der Waals surface area contributed by atoms with Gasteiger partial charge in [0, 0.05) is 25.3 Å². The van der Waals surface area contributed by atoms with E-state index in [4.69, 9.17) is 0 Å². The highest BCUT2D eigenvalue weighted by Gasteiger charge is 2.43. The van der Waals surface area contributed by atoms with Crippen molar-refractivity contribution in [2.24, 2.45) is 5.92 Å². The number of carbonyl (C=O) groups excluding carboxylic acids is 1. The van der Waals surface area contributed by atoms with Gasteiger partial charge in [0.05, 0.1) is 0 Å². The van der Waals surface area contributed by atoms with Crippen LogP contribution in [0.2, 0.25) is 0 Å². The van der Waals surface area contributed by atoms with E-state index in [9.17, 15) is 18.0 Å². The number of hydrogen-bond acceptors (Lipinski definition) is 2. The molecule has 1 heterocycles. The predicted octanol–water partition coefficient (Wildman–Crippen LogP) is 4.54. The molecule has 0 radical (unpaired) electrons. The Balaban J connectivity index is 1.64. The molecule has 0 aromatic heterocycles. The van der Waals surface area contributed by atoms with E-state index < -0.39 is 12.1 Å². The fraction of sp³-hybridized carbons (Fsp3) is 0.409. The third kappa shape index (κ3) is 5.58. The summed E-state index contributed by atoms with van der Waals surface area (Å²) in [5, 5.41) is 0. The average molecular weight is 390 g/mol. The molecule has 2 aromatic rings. The van der Waals surface area contributed by atoms with Gasteiger partial charge in [0.2, 0.25) is 0 Å². The Morgan fingerprint density at radius 2 is 1.68 bits per heavy atom. The van der Waals surface area contributed by atoms with Crippen molar-refractivity contribution in [3.05, 3.63) is 66.2 Å². The monoisotopic (exact) mass is 390 g/mol. The van der Waals surface area contributed by atoms with Crippen LogP contribution in [0.15, 0.2) is 60.7 Å². The highest BCUT2D eigenvalue weighted by molar-refractivity contribution is 5.97. The van der Waals surface area contributed by atoms with Crippen LogP contribution >= 0.6 is 0 Å². The van der Waals surface area contributed by atoms with E-state index in [0.29, 0.717) is 12.2 Å². The van der Waals surface area contributed by atoms with Gasteiger partial charge >= 0.3 is 12.1 Å². The summed E-state index contributed by atoms with van der Waals surface area (Å²) in [4.78, 5) is 15.2. The zero-order chi connectivity index (χ0) is 20.0. The third-order valence-electron chi connectivity index (χ3n) is 5.16. The number of alkyl halides is 3. The molecule has 1 amide bonds. The number of amides is 1. The van der Waals surface area contributed by atoms with Crippen molar-refractivity contribution >= 4 is 11.6 Å². The molecular formula is C22H25F3N2O.